The lowest BCUT2D eigenvalue weighted by atomic mass is 9.77. The molecule has 1 fully saturated rings. The molecule has 74 heavy (non-hydrogen) atoms. The molecular weight excluding hydrogens is 1030 g/mol. The van der Waals surface area contributed by atoms with Crippen LogP contribution in [0.5, 0.6) is 5.75 Å². The van der Waals surface area contributed by atoms with Crippen molar-refractivity contribution in [1.29, 1.82) is 0 Å². The molecule has 2 amide bonds. The van der Waals surface area contributed by atoms with Gasteiger partial charge in [-0.2, -0.15) is 25.3 Å². The number of phenolic OH excluding ortho intramolecular Hbond substituents is 1. The maximum atomic E-state index is 12.3. The standard InChI is InChI=1S/C48H69N3O20S3/c1-4-37(40-13-11-38(35-43(40)52)49(5-2)19-8-34-73(59,60)61)9-6-10-44-48(3,18-7-33-72(56,57)58)41-36-39(74(62,63)64)12-14-42(41)50(44)20-22-66-24-26-68-28-30-70-32-31-69-29-27-67-25-23-65-21-17-47(55)71-51-45(53)15-16-46(51)54/h4,6,9-14,35-36,52H,5,7-8,15-34H2,1-3H3,(H,56,57,58)(H,59,60,61)(H,62,63,64)/b9-6+,37-4-,44-10+. The fraction of sp³-hybridized carbons (Fsp3) is 0.562. The van der Waals surface area contributed by atoms with Gasteiger partial charge < -0.3 is 48.2 Å². The van der Waals surface area contributed by atoms with Crippen molar-refractivity contribution in [2.24, 2.45) is 0 Å². The molecule has 0 radical (unpaired) electrons. The summed E-state index contributed by atoms with van der Waals surface area (Å²) in [6, 6.07) is 9.27. The molecule has 1 unspecified atom stereocenters. The van der Waals surface area contributed by atoms with Crippen molar-refractivity contribution < 1.29 is 91.7 Å². The third-order valence-corrected chi connectivity index (χ3v) is 14.2. The molecule has 0 spiro atoms. The number of allylic oxidation sites excluding steroid dienone is 6. The molecule has 0 aliphatic carbocycles. The Morgan fingerprint density at radius 3 is 1.80 bits per heavy atom. The number of phenols is 1. The Morgan fingerprint density at radius 2 is 1.28 bits per heavy atom. The Labute approximate surface area is 433 Å². The number of amides is 2. The van der Waals surface area contributed by atoms with Gasteiger partial charge in [-0.15, -0.1) is 5.06 Å². The highest BCUT2D eigenvalue weighted by Gasteiger charge is 2.44. The minimum absolute atomic E-state index is 0.00440. The summed E-state index contributed by atoms with van der Waals surface area (Å²) in [4.78, 5) is 43.0. The molecule has 1 atom stereocenters. The number of aromatic hydroxyl groups is 1. The average Bonchev–Trinajstić information content (AvgIpc) is 3.76. The highest BCUT2D eigenvalue weighted by atomic mass is 32.2. The van der Waals surface area contributed by atoms with Crippen LogP contribution in [-0.2, 0) is 83.4 Å². The summed E-state index contributed by atoms with van der Waals surface area (Å²) in [6.45, 7) is 9.67. The first-order valence-corrected chi connectivity index (χ1v) is 28.7. The number of hydroxylamine groups is 2. The van der Waals surface area contributed by atoms with Gasteiger partial charge in [0.25, 0.3) is 42.2 Å². The van der Waals surface area contributed by atoms with Crippen molar-refractivity contribution >= 4 is 65.1 Å². The number of hydrogen-bond donors (Lipinski definition) is 4. The molecular formula is C48H69N3O20S3. The van der Waals surface area contributed by atoms with E-state index in [1.54, 1.807) is 55.5 Å². The number of nitrogens with zero attached hydrogens (tertiary/aromatic N) is 3. The first-order valence-electron chi connectivity index (χ1n) is 24.0. The number of ether oxygens (including phenoxy) is 6. The van der Waals surface area contributed by atoms with Crippen LogP contribution in [-0.4, -0.2) is 177 Å². The molecule has 2 aliphatic heterocycles. The summed E-state index contributed by atoms with van der Waals surface area (Å²) in [7, 11) is -13.1. The Morgan fingerprint density at radius 1 is 0.743 bits per heavy atom. The fourth-order valence-electron chi connectivity index (χ4n) is 8.08. The Balaban J connectivity index is 1.26. The maximum Gasteiger partial charge on any atom is 0.335 e. The molecule has 4 rings (SSSR count). The van der Waals surface area contributed by atoms with Gasteiger partial charge in [-0.3, -0.25) is 23.2 Å². The molecule has 1 saturated heterocycles. The second kappa shape index (κ2) is 30.0. The van der Waals surface area contributed by atoms with Crippen molar-refractivity contribution in [2.75, 3.05) is 120 Å². The van der Waals surface area contributed by atoms with E-state index in [1.165, 1.54) is 12.1 Å². The number of anilines is 2. The lowest BCUT2D eigenvalue weighted by Gasteiger charge is -2.30. The van der Waals surface area contributed by atoms with E-state index in [4.69, 9.17) is 37.8 Å². The zero-order valence-electron chi connectivity index (χ0n) is 41.9. The second-order valence-corrected chi connectivity index (χ2v) is 21.6. The topological polar surface area (TPSA) is 309 Å². The van der Waals surface area contributed by atoms with E-state index >= 15 is 0 Å². The van der Waals surface area contributed by atoms with Crippen LogP contribution in [0.3, 0.4) is 0 Å². The van der Waals surface area contributed by atoms with E-state index in [9.17, 15) is 53.8 Å². The molecule has 0 bridgehead atoms. The van der Waals surface area contributed by atoms with Gasteiger partial charge in [-0.1, -0.05) is 18.2 Å². The molecule has 2 heterocycles. The summed E-state index contributed by atoms with van der Waals surface area (Å²) >= 11 is 0. The van der Waals surface area contributed by atoms with Crippen molar-refractivity contribution in [2.45, 2.75) is 69.6 Å². The molecule has 4 N–H and O–H groups in total. The quantitative estimate of drug-likeness (QED) is 0.0323. The number of hydrogen-bond acceptors (Lipinski definition) is 19. The first kappa shape index (κ1) is 61.7. The number of carbonyl (C=O) groups is 3. The van der Waals surface area contributed by atoms with Crippen LogP contribution in [0.4, 0.5) is 11.4 Å². The lowest BCUT2D eigenvalue weighted by Crippen LogP contribution is -2.32. The molecule has 23 nitrogen and oxygen atoms in total. The zero-order valence-corrected chi connectivity index (χ0v) is 44.4. The van der Waals surface area contributed by atoms with Crippen LogP contribution >= 0.6 is 0 Å². The largest absolute Gasteiger partial charge is 0.507 e. The zero-order chi connectivity index (χ0) is 54.4. The minimum atomic E-state index is -4.63. The Bertz CT molecular complexity index is 2610. The van der Waals surface area contributed by atoms with Crippen LogP contribution in [0.2, 0.25) is 0 Å². The summed E-state index contributed by atoms with van der Waals surface area (Å²) < 4.78 is 133. The molecule has 0 saturated carbocycles. The van der Waals surface area contributed by atoms with Gasteiger partial charge in [0.15, 0.2) is 0 Å². The summed E-state index contributed by atoms with van der Waals surface area (Å²) in [5.74, 6) is -2.82. The van der Waals surface area contributed by atoms with Crippen LogP contribution in [0.15, 0.2) is 71.3 Å². The fourth-order valence-corrected chi connectivity index (χ4v) is 9.59. The van der Waals surface area contributed by atoms with Gasteiger partial charge in [-0.25, -0.2) is 4.79 Å². The molecule has 2 aromatic carbocycles. The Kier molecular flexibility index (Phi) is 25.1. The van der Waals surface area contributed by atoms with Gasteiger partial charge >= 0.3 is 5.97 Å². The monoisotopic (exact) mass is 1100 g/mol. The van der Waals surface area contributed by atoms with Gasteiger partial charge in [0.2, 0.25) is 0 Å². The van der Waals surface area contributed by atoms with E-state index in [0.29, 0.717) is 91.6 Å². The average molecular weight is 1100 g/mol. The lowest BCUT2D eigenvalue weighted by molar-refractivity contribution is -0.198. The molecule has 2 aliphatic rings. The van der Waals surface area contributed by atoms with Gasteiger partial charge in [0.1, 0.15) is 5.75 Å². The number of fused-ring (bicyclic) bond motifs is 1. The highest BCUT2D eigenvalue weighted by molar-refractivity contribution is 7.86. The predicted molar refractivity (Wildman–Crippen MR) is 271 cm³/mol. The van der Waals surface area contributed by atoms with E-state index in [0.717, 1.165) is 0 Å². The van der Waals surface area contributed by atoms with Gasteiger partial charge in [0.05, 0.1) is 102 Å². The third kappa shape index (κ3) is 20.4. The number of rotatable bonds is 36. The second-order valence-electron chi connectivity index (χ2n) is 17.1. The van der Waals surface area contributed by atoms with Crippen LogP contribution in [0.1, 0.15) is 70.4 Å². The minimum Gasteiger partial charge on any atom is -0.507 e. The van der Waals surface area contributed by atoms with Crippen molar-refractivity contribution in [1.82, 2.24) is 5.06 Å². The molecule has 26 heteroatoms. The summed E-state index contributed by atoms with van der Waals surface area (Å²) in [5, 5.41) is 11.7. The van der Waals surface area contributed by atoms with Crippen molar-refractivity contribution in [3.8, 4) is 5.75 Å². The molecule has 2 aromatic rings. The number of carbonyl (C=O) groups excluding carboxylic acids is 3. The summed E-state index contributed by atoms with van der Waals surface area (Å²) in [6.07, 6.45) is 7.34. The van der Waals surface area contributed by atoms with Crippen molar-refractivity contribution in [3.63, 3.8) is 0 Å². The van der Waals surface area contributed by atoms with Crippen LogP contribution in [0, 0.1) is 0 Å². The van der Waals surface area contributed by atoms with Crippen LogP contribution < -0.4 is 9.80 Å². The van der Waals surface area contributed by atoms with E-state index < -0.39 is 65.1 Å². The van der Waals surface area contributed by atoms with Gasteiger partial charge in [0, 0.05) is 66.6 Å². The van der Waals surface area contributed by atoms with E-state index in [2.05, 4.69) is 0 Å². The first-order chi connectivity index (χ1) is 35.1. The van der Waals surface area contributed by atoms with Gasteiger partial charge in [-0.05, 0) is 87.6 Å². The molecule has 414 valence electrons. The number of imide groups is 1. The highest BCUT2D eigenvalue weighted by Crippen LogP contribution is 2.51. The number of benzene rings is 2. The molecule has 0 aromatic heterocycles. The van der Waals surface area contributed by atoms with E-state index in [1.807, 2.05) is 23.6 Å². The summed E-state index contributed by atoms with van der Waals surface area (Å²) in [5.41, 5.74) is 2.46. The third-order valence-electron chi connectivity index (χ3n) is 11.8. The maximum absolute atomic E-state index is 12.3. The smallest absolute Gasteiger partial charge is 0.335 e. The Hall–Kier alpha value is -4.84. The van der Waals surface area contributed by atoms with Crippen molar-refractivity contribution in [3.05, 3.63) is 77.5 Å². The normalized spacial score (nSPS) is 17.1. The van der Waals surface area contributed by atoms with Crippen LogP contribution in [0.25, 0.3) is 5.57 Å². The van der Waals surface area contributed by atoms with E-state index in [-0.39, 0.29) is 95.4 Å². The SMILES string of the molecule is C/C=C(/C=C/C=C1/N(CCOCCOCCOCCOCCOCCOCCC(=O)ON2C(=O)CCC2=O)c2ccc(S(=O)(=O)O)cc2C1(C)CCCS(=O)(=O)O)c1ccc(N(CC)CCCS(=O)(=O)O)cc1O. The predicted octanol–water partition coefficient (Wildman–Crippen LogP) is 4.13.